The number of fused-ring (bicyclic) bond motifs is 3. The predicted molar refractivity (Wildman–Crippen MR) is 112 cm³/mol. The van der Waals surface area contributed by atoms with Crippen molar-refractivity contribution in [1.82, 2.24) is 0 Å². The van der Waals surface area contributed by atoms with Gasteiger partial charge < -0.3 is 19.3 Å². The molecule has 0 aromatic heterocycles. The maximum Gasteiger partial charge on any atom is 0.161 e. The summed E-state index contributed by atoms with van der Waals surface area (Å²) in [6.45, 7) is 1.33. The molecule has 1 aliphatic carbocycles. The molecule has 3 heterocycles. The number of anilines is 2. The number of ether oxygens (including phenoxy) is 2. The third-order valence-corrected chi connectivity index (χ3v) is 7.58. The van der Waals surface area contributed by atoms with Gasteiger partial charge in [0.05, 0.1) is 34.2 Å². The average Bonchev–Trinajstić information content (AvgIpc) is 2.77. The molecular formula is C24H20N2O2. The second-order valence-corrected chi connectivity index (χ2v) is 8.74. The van der Waals surface area contributed by atoms with E-state index in [4.69, 9.17) is 9.47 Å². The van der Waals surface area contributed by atoms with Crippen LogP contribution in [0.5, 0.6) is 11.5 Å². The molecule has 4 aliphatic rings. The van der Waals surface area contributed by atoms with Crippen LogP contribution in [-0.4, -0.2) is 25.5 Å². The minimum atomic E-state index is 0.519. The Hall–Kier alpha value is -2.88. The van der Waals surface area contributed by atoms with Crippen LogP contribution in [0.3, 0.4) is 0 Å². The molecule has 8 rings (SSSR count). The Morgan fingerprint density at radius 2 is 1.07 bits per heavy atom. The first-order chi connectivity index (χ1) is 13.9. The van der Waals surface area contributed by atoms with Gasteiger partial charge in [-0.1, -0.05) is 37.1 Å². The summed E-state index contributed by atoms with van der Waals surface area (Å²) in [4.78, 5) is 5.17. The number of hydrogen-bond donors (Lipinski definition) is 0. The first kappa shape index (κ1) is 14.2. The molecule has 0 N–H and O–H groups in total. The smallest absolute Gasteiger partial charge is 0.161 e. The quantitative estimate of drug-likeness (QED) is 0.397. The van der Waals surface area contributed by atoms with Gasteiger partial charge in [-0.15, -0.1) is 0 Å². The molecule has 1 saturated carbocycles. The SMILES string of the molecule is c1cc2ccc3ccc4c5c6c7c(c1OCN7[C@H]1CCCC[C@@H]1N6CO4)c2c35. The average molecular weight is 368 g/mol. The van der Waals surface area contributed by atoms with Gasteiger partial charge in [-0.3, -0.25) is 0 Å². The van der Waals surface area contributed by atoms with Crippen molar-refractivity contribution in [2.45, 2.75) is 37.8 Å². The van der Waals surface area contributed by atoms with Crippen molar-refractivity contribution in [1.29, 1.82) is 0 Å². The summed E-state index contributed by atoms with van der Waals surface area (Å²) in [6, 6.07) is 14.3. The summed E-state index contributed by atoms with van der Waals surface area (Å²) in [5, 5.41) is 7.89. The van der Waals surface area contributed by atoms with Crippen molar-refractivity contribution in [3.8, 4) is 11.5 Å². The van der Waals surface area contributed by atoms with E-state index < -0.39 is 0 Å². The van der Waals surface area contributed by atoms with Gasteiger partial charge >= 0.3 is 0 Å². The highest BCUT2D eigenvalue weighted by Gasteiger charge is 2.46. The lowest BCUT2D eigenvalue weighted by atomic mass is 9.81. The fourth-order valence-corrected chi connectivity index (χ4v) is 6.45. The predicted octanol–water partition coefficient (Wildman–Crippen LogP) is 5.22. The lowest BCUT2D eigenvalue weighted by molar-refractivity contribution is 0.222. The van der Waals surface area contributed by atoms with E-state index in [-0.39, 0.29) is 0 Å². The number of hydrogen-bond acceptors (Lipinski definition) is 4. The van der Waals surface area contributed by atoms with Crippen LogP contribution in [0, 0.1) is 0 Å². The Labute approximate surface area is 162 Å². The summed E-state index contributed by atoms with van der Waals surface area (Å²) in [7, 11) is 0. The van der Waals surface area contributed by atoms with Crippen molar-refractivity contribution in [3.63, 3.8) is 0 Å². The number of benzene rings is 4. The molecular weight excluding hydrogens is 348 g/mol. The molecule has 0 unspecified atom stereocenters. The first-order valence-electron chi connectivity index (χ1n) is 10.5. The van der Waals surface area contributed by atoms with Crippen molar-refractivity contribution in [3.05, 3.63) is 36.4 Å². The fourth-order valence-electron chi connectivity index (χ4n) is 6.45. The molecule has 4 aromatic carbocycles. The van der Waals surface area contributed by atoms with Crippen molar-refractivity contribution < 1.29 is 9.47 Å². The maximum absolute atomic E-state index is 6.34. The molecule has 28 heavy (non-hydrogen) atoms. The minimum absolute atomic E-state index is 0.519. The summed E-state index contributed by atoms with van der Waals surface area (Å²) < 4.78 is 12.7. The zero-order chi connectivity index (χ0) is 18.0. The van der Waals surface area contributed by atoms with Gasteiger partial charge in [0.25, 0.3) is 0 Å². The Morgan fingerprint density at radius 1 is 0.607 bits per heavy atom. The Balaban J connectivity index is 1.66. The van der Waals surface area contributed by atoms with Crippen molar-refractivity contribution in [2.75, 3.05) is 23.3 Å². The summed E-state index contributed by atoms with van der Waals surface area (Å²) in [6.07, 6.45) is 5.10. The molecule has 0 spiro atoms. The highest BCUT2D eigenvalue weighted by molar-refractivity contribution is 6.33. The summed E-state index contributed by atoms with van der Waals surface area (Å²) >= 11 is 0. The van der Waals surface area contributed by atoms with Gasteiger partial charge in [0, 0.05) is 10.8 Å². The van der Waals surface area contributed by atoms with Crippen LogP contribution in [-0.2, 0) is 0 Å². The largest absolute Gasteiger partial charge is 0.472 e. The lowest BCUT2D eigenvalue weighted by Crippen LogP contribution is -2.60. The summed E-state index contributed by atoms with van der Waals surface area (Å²) in [5.41, 5.74) is 2.79. The van der Waals surface area contributed by atoms with E-state index in [1.807, 2.05) is 0 Å². The molecule has 4 nitrogen and oxygen atoms in total. The van der Waals surface area contributed by atoms with Crippen molar-refractivity contribution in [2.24, 2.45) is 0 Å². The first-order valence-corrected chi connectivity index (χ1v) is 10.5. The third-order valence-electron chi connectivity index (χ3n) is 7.58. The van der Waals surface area contributed by atoms with Gasteiger partial charge in [-0.25, -0.2) is 0 Å². The number of rotatable bonds is 0. The van der Waals surface area contributed by atoms with Gasteiger partial charge in [0.2, 0.25) is 0 Å². The van der Waals surface area contributed by atoms with Gasteiger partial charge in [-0.2, -0.15) is 0 Å². The van der Waals surface area contributed by atoms with Crippen LogP contribution in [0.25, 0.3) is 32.3 Å². The molecule has 0 amide bonds. The molecule has 138 valence electrons. The van der Waals surface area contributed by atoms with Crippen molar-refractivity contribution >= 4 is 43.7 Å². The van der Waals surface area contributed by atoms with E-state index >= 15 is 0 Å². The van der Waals surface area contributed by atoms with E-state index in [0.717, 1.165) is 11.5 Å². The van der Waals surface area contributed by atoms with E-state index in [1.54, 1.807) is 0 Å². The second-order valence-electron chi connectivity index (χ2n) is 8.74. The molecule has 0 radical (unpaired) electrons. The molecule has 0 bridgehead atoms. The van der Waals surface area contributed by atoms with E-state index in [1.165, 1.54) is 69.4 Å². The van der Waals surface area contributed by atoms with Gasteiger partial charge in [0.1, 0.15) is 11.5 Å². The highest BCUT2D eigenvalue weighted by atomic mass is 16.5. The van der Waals surface area contributed by atoms with Crippen LogP contribution in [0.4, 0.5) is 11.4 Å². The fraction of sp³-hybridized carbons (Fsp3) is 0.333. The van der Waals surface area contributed by atoms with Crippen LogP contribution < -0.4 is 19.3 Å². The van der Waals surface area contributed by atoms with Gasteiger partial charge in [0.15, 0.2) is 13.5 Å². The molecule has 1 fully saturated rings. The molecule has 2 atom stereocenters. The molecule has 4 heteroatoms. The Kier molecular flexibility index (Phi) is 2.31. The molecule has 4 aromatic rings. The third kappa shape index (κ3) is 1.42. The van der Waals surface area contributed by atoms with Crippen LogP contribution in [0.2, 0.25) is 0 Å². The van der Waals surface area contributed by atoms with E-state index in [9.17, 15) is 0 Å². The molecule has 3 aliphatic heterocycles. The van der Waals surface area contributed by atoms with Crippen LogP contribution in [0.15, 0.2) is 36.4 Å². The second kappa shape index (κ2) is 4.57. The minimum Gasteiger partial charge on any atom is -0.472 e. The topological polar surface area (TPSA) is 24.9 Å². The zero-order valence-corrected chi connectivity index (χ0v) is 15.6. The van der Waals surface area contributed by atoms with Gasteiger partial charge in [-0.05, 0) is 35.7 Å². The van der Waals surface area contributed by atoms with Crippen LogP contribution >= 0.6 is 0 Å². The van der Waals surface area contributed by atoms with E-state index in [0.29, 0.717) is 25.5 Å². The molecule has 0 saturated heterocycles. The zero-order valence-electron chi connectivity index (χ0n) is 15.6. The normalized spacial score (nSPS) is 24.7. The summed E-state index contributed by atoms with van der Waals surface area (Å²) in [5.74, 6) is 2.08. The maximum atomic E-state index is 6.34. The Morgan fingerprint density at radius 3 is 1.57 bits per heavy atom. The van der Waals surface area contributed by atoms with E-state index in [2.05, 4.69) is 46.2 Å². The number of nitrogens with zero attached hydrogens (tertiary/aromatic N) is 2. The lowest BCUT2D eigenvalue weighted by Gasteiger charge is -2.54. The van der Waals surface area contributed by atoms with Crippen LogP contribution in [0.1, 0.15) is 25.7 Å². The monoisotopic (exact) mass is 368 g/mol. The Bertz CT molecular complexity index is 1210. The highest BCUT2D eigenvalue weighted by Crippen LogP contribution is 2.59. The standard InChI is InChI=1S/C24H20N2O2/c1-2-4-16-15(3-1)25-11-27-17-9-7-13-5-6-14-8-10-18-22-20(14)19(13)21(17)23(25)24(22)26(16)12-28-18/h5-10,15-16H,1-4,11-12H2/t15-,16-/m0/s1.